The minimum absolute atomic E-state index is 0.0773. The van der Waals surface area contributed by atoms with E-state index in [9.17, 15) is 9.90 Å². The predicted octanol–water partition coefficient (Wildman–Crippen LogP) is 3.84. The average molecular weight is 368 g/mol. The topological polar surface area (TPSA) is 93.8 Å². The van der Waals surface area contributed by atoms with Crippen molar-refractivity contribution >= 4 is 11.6 Å². The summed E-state index contributed by atoms with van der Waals surface area (Å²) in [6, 6.07) is 11.3. The molecule has 1 amide bonds. The van der Waals surface area contributed by atoms with Crippen molar-refractivity contribution in [3.05, 3.63) is 65.0 Å². The molecule has 3 aromatic rings. The molecule has 0 unspecified atom stereocenters. The van der Waals surface area contributed by atoms with Crippen molar-refractivity contribution in [2.24, 2.45) is 0 Å². The number of anilines is 1. The van der Waals surface area contributed by atoms with Crippen molar-refractivity contribution in [1.82, 2.24) is 5.16 Å². The third-order valence-electron chi connectivity index (χ3n) is 4.08. The van der Waals surface area contributed by atoms with Crippen LogP contribution in [0, 0.1) is 13.8 Å². The molecule has 3 rings (SSSR count). The number of hydrogen-bond acceptors (Lipinski definition) is 6. The van der Waals surface area contributed by atoms with Gasteiger partial charge < -0.3 is 24.4 Å². The molecule has 7 heteroatoms. The largest absolute Gasteiger partial charge is 0.508 e. The van der Waals surface area contributed by atoms with Crippen LogP contribution in [0.25, 0.3) is 0 Å². The molecular formula is C20H20N2O5. The molecule has 1 heterocycles. The van der Waals surface area contributed by atoms with Crippen LogP contribution >= 0.6 is 0 Å². The Bertz CT molecular complexity index is 945. The smallest absolute Gasteiger partial charge is 0.255 e. The van der Waals surface area contributed by atoms with Crippen molar-refractivity contribution in [3.8, 4) is 17.2 Å². The van der Waals surface area contributed by atoms with Gasteiger partial charge in [0.2, 0.25) is 0 Å². The summed E-state index contributed by atoms with van der Waals surface area (Å²) in [5.74, 6) is 1.40. The van der Waals surface area contributed by atoms with E-state index in [2.05, 4.69) is 10.5 Å². The molecule has 7 nitrogen and oxygen atoms in total. The van der Waals surface area contributed by atoms with Crippen molar-refractivity contribution in [2.75, 3.05) is 12.4 Å². The van der Waals surface area contributed by atoms with Crippen molar-refractivity contribution in [1.29, 1.82) is 0 Å². The van der Waals surface area contributed by atoms with Gasteiger partial charge in [0, 0.05) is 17.3 Å². The number of phenolic OH excluding ortho intramolecular Hbond substituents is 1. The van der Waals surface area contributed by atoms with Crippen LogP contribution < -0.4 is 14.8 Å². The lowest BCUT2D eigenvalue weighted by molar-refractivity contribution is 0.102. The highest BCUT2D eigenvalue weighted by Crippen LogP contribution is 2.30. The molecule has 1 aromatic heterocycles. The fourth-order valence-electron chi connectivity index (χ4n) is 2.57. The summed E-state index contributed by atoms with van der Waals surface area (Å²) in [4.78, 5) is 12.4. The van der Waals surface area contributed by atoms with E-state index >= 15 is 0 Å². The van der Waals surface area contributed by atoms with Crippen molar-refractivity contribution in [2.45, 2.75) is 20.5 Å². The fraction of sp³-hybridized carbons (Fsp3) is 0.200. The molecule has 0 saturated carbocycles. The van der Waals surface area contributed by atoms with E-state index in [-0.39, 0.29) is 18.3 Å². The first-order valence-electron chi connectivity index (χ1n) is 8.31. The zero-order valence-electron chi connectivity index (χ0n) is 15.3. The quantitative estimate of drug-likeness (QED) is 0.687. The lowest BCUT2D eigenvalue weighted by Crippen LogP contribution is -2.12. The minimum Gasteiger partial charge on any atom is -0.508 e. The number of aryl methyl sites for hydroxylation is 2. The Kier molecular flexibility index (Phi) is 5.30. The summed E-state index contributed by atoms with van der Waals surface area (Å²) < 4.78 is 16.3. The van der Waals surface area contributed by atoms with Crippen LogP contribution in [0.3, 0.4) is 0 Å². The van der Waals surface area contributed by atoms with Gasteiger partial charge in [0.05, 0.1) is 18.4 Å². The van der Waals surface area contributed by atoms with Gasteiger partial charge in [-0.1, -0.05) is 11.2 Å². The van der Waals surface area contributed by atoms with Gasteiger partial charge in [0.15, 0.2) is 11.5 Å². The number of nitrogens with zero attached hydrogens (tertiary/aromatic N) is 1. The van der Waals surface area contributed by atoms with Crippen LogP contribution in [0.15, 0.2) is 47.0 Å². The maximum atomic E-state index is 12.4. The molecule has 27 heavy (non-hydrogen) atoms. The number of methoxy groups -OCH3 is 1. The Morgan fingerprint density at radius 3 is 2.67 bits per heavy atom. The second-order valence-corrected chi connectivity index (χ2v) is 5.96. The van der Waals surface area contributed by atoms with Gasteiger partial charge in [-0.3, -0.25) is 4.79 Å². The molecule has 140 valence electrons. The van der Waals surface area contributed by atoms with Gasteiger partial charge in [-0.25, -0.2) is 0 Å². The van der Waals surface area contributed by atoms with Gasteiger partial charge in [-0.2, -0.15) is 0 Å². The van der Waals surface area contributed by atoms with Crippen LogP contribution in [0.2, 0.25) is 0 Å². The highest BCUT2D eigenvalue weighted by atomic mass is 16.5. The van der Waals surface area contributed by atoms with E-state index in [0.29, 0.717) is 28.5 Å². The lowest BCUT2D eigenvalue weighted by atomic mass is 10.1. The Labute approximate surface area is 156 Å². The molecule has 0 spiro atoms. The molecular weight excluding hydrogens is 348 g/mol. The molecule has 0 radical (unpaired) electrons. The Balaban J connectivity index is 1.74. The molecule has 2 N–H and O–H groups in total. The number of carbonyl (C=O) groups is 1. The third kappa shape index (κ3) is 4.20. The predicted molar refractivity (Wildman–Crippen MR) is 99.4 cm³/mol. The normalized spacial score (nSPS) is 10.5. The molecule has 0 atom stereocenters. The van der Waals surface area contributed by atoms with Crippen LogP contribution in [-0.2, 0) is 6.61 Å². The number of aromatic hydroxyl groups is 1. The first-order valence-corrected chi connectivity index (χ1v) is 8.31. The number of hydrogen-bond donors (Lipinski definition) is 2. The van der Waals surface area contributed by atoms with Gasteiger partial charge in [-0.05, 0) is 44.2 Å². The molecule has 0 aliphatic carbocycles. The molecule has 0 bridgehead atoms. The number of amides is 1. The number of aromatic nitrogens is 1. The van der Waals surface area contributed by atoms with Crippen LogP contribution in [0.4, 0.5) is 5.69 Å². The van der Waals surface area contributed by atoms with Crippen molar-refractivity contribution < 1.29 is 23.9 Å². The summed E-state index contributed by atoms with van der Waals surface area (Å²) in [5, 5.41) is 16.1. The number of benzene rings is 2. The highest BCUT2D eigenvalue weighted by Gasteiger charge is 2.14. The lowest BCUT2D eigenvalue weighted by Gasteiger charge is -2.12. The standard InChI is InChI=1S/C20H20N2O5/c1-12-17(13(2)27-22-12)11-26-18-8-7-14(9-19(18)25-3)20(24)21-15-5-4-6-16(23)10-15/h4-10,23H,11H2,1-3H3,(H,21,24). The number of ether oxygens (including phenoxy) is 2. The number of carbonyl (C=O) groups excluding carboxylic acids is 1. The SMILES string of the molecule is COc1cc(C(=O)Nc2cccc(O)c2)ccc1OCc1c(C)noc1C. The molecule has 0 aliphatic rings. The molecule has 0 fully saturated rings. The van der Waals surface area contributed by atoms with E-state index in [4.69, 9.17) is 14.0 Å². The Morgan fingerprint density at radius 2 is 2.00 bits per heavy atom. The Hall–Kier alpha value is -3.48. The summed E-state index contributed by atoms with van der Waals surface area (Å²) in [5.41, 5.74) is 2.55. The summed E-state index contributed by atoms with van der Waals surface area (Å²) >= 11 is 0. The Morgan fingerprint density at radius 1 is 1.19 bits per heavy atom. The van der Waals surface area contributed by atoms with Gasteiger partial charge in [-0.15, -0.1) is 0 Å². The van der Waals surface area contributed by atoms with E-state index in [0.717, 1.165) is 11.3 Å². The minimum atomic E-state index is -0.323. The second kappa shape index (κ2) is 7.82. The van der Waals surface area contributed by atoms with E-state index in [1.165, 1.54) is 19.2 Å². The molecule has 2 aromatic carbocycles. The van der Waals surface area contributed by atoms with Crippen LogP contribution in [-0.4, -0.2) is 23.3 Å². The highest BCUT2D eigenvalue weighted by molar-refractivity contribution is 6.04. The summed E-state index contributed by atoms with van der Waals surface area (Å²) in [7, 11) is 1.51. The van der Waals surface area contributed by atoms with Crippen molar-refractivity contribution in [3.63, 3.8) is 0 Å². The van der Waals surface area contributed by atoms with Gasteiger partial charge >= 0.3 is 0 Å². The number of rotatable bonds is 6. The van der Waals surface area contributed by atoms with E-state index < -0.39 is 0 Å². The van der Waals surface area contributed by atoms with E-state index in [1.54, 1.807) is 30.3 Å². The maximum Gasteiger partial charge on any atom is 0.255 e. The first kappa shape index (κ1) is 18.3. The van der Waals surface area contributed by atoms with Gasteiger partial charge in [0.1, 0.15) is 18.1 Å². The third-order valence-corrected chi connectivity index (χ3v) is 4.08. The number of nitrogens with one attached hydrogen (secondary N) is 1. The monoisotopic (exact) mass is 368 g/mol. The summed E-state index contributed by atoms with van der Waals surface area (Å²) in [6.07, 6.45) is 0. The maximum absolute atomic E-state index is 12.4. The van der Waals surface area contributed by atoms with Crippen LogP contribution in [0.1, 0.15) is 27.4 Å². The zero-order valence-corrected chi connectivity index (χ0v) is 15.3. The first-order chi connectivity index (χ1) is 13.0. The number of phenols is 1. The second-order valence-electron chi connectivity index (χ2n) is 5.96. The van der Waals surface area contributed by atoms with Crippen LogP contribution in [0.5, 0.6) is 17.2 Å². The van der Waals surface area contributed by atoms with Gasteiger partial charge in [0.25, 0.3) is 5.91 Å². The van der Waals surface area contributed by atoms with E-state index in [1.807, 2.05) is 13.8 Å². The average Bonchev–Trinajstić information content (AvgIpc) is 2.97. The zero-order chi connectivity index (χ0) is 19.4. The molecule has 0 saturated heterocycles. The summed E-state index contributed by atoms with van der Waals surface area (Å²) in [6.45, 7) is 3.96. The fourth-order valence-corrected chi connectivity index (χ4v) is 2.57. The molecule has 0 aliphatic heterocycles.